The molecule has 3 heteroatoms. The molecule has 7 heavy (non-hydrogen) atoms. The number of hydrogen-bond acceptors (Lipinski definition) is 0. The third-order valence-corrected chi connectivity index (χ3v) is 0.500. The van der Waals surface area contributed by atoms with Gasteiger partial charge in [0, 0.05) is 0 Å². The summed E-state index contributed by atoms with van der Waals surface area (Å²) in [6.07, 6.45) is 2.64. The maximum absolute atomic E-state index is 3.25. The fourth-order valence-corrected chi connectivity index (χ4v) is 0. The molecule has 0 bridgehead atoms. The van der Waals surface area contributed by atoms with E-state index in [-0.39, 0.29) is 11.7 Å². The second kappa shape index (κ2) is 15.6. The van der Waals surface area contributed by atoms with Gasteiger partial charge in [-0.25, -0.2) is 0 Å². The molecule has 0 nitrogen and oxygen atoms in total. The molecule has 0 heterocycles. The van der Waals surface area contributed by atoms with Gasteiger partial charge in [-0.05, 0) is 0 Å². The van der Waals surface area contributed by atoms with Crippen molar-refractivity contribution in [1.82, 2.24) is 0 Å². The molecule has 0 rings (SSSR count). The van der Waals surface area contributed by atoms with Crippen molar-refractivity contribution in [3.05, 3.63) is 0 Å². The normalized spacial score (nSPS) is 6.86. The molecule has 0 amide bonds. The van der Waals surface area contributed by atoms with E-state index in [2.05, 4.69) is 41.9 Å². The number of halogens is 2. The first-order chi connectivity index (χ1) is 3.33. The van der Waals surface area contributed by atoms with E-state index in [1.54, 1.807) is 0 Å². The molecule has 0 N–H and O–H groups in total. The first kappa shape index (κ1) is 11.3. The van der Waals surface area contributed by atoms with Crippen LogP contribution in [0.3, 0.4) is 0 Å². The minimum atomic E-state index is -0.250. The van der Waals surface area contributed by atoms with Crippen LogP contribution in [-0.2, 0) is 0 Å². The number of rotatable bonds is 1. The quantitative estimate of drug-likeness (QED) is 0.652. The van der Waals surface area contributed by atoms with E-state index in [0.29, 0.717) is 0 Å². The fraction of sp³-hybridized carbons (Fsp3) is 1.00. The van der Waals surface area contributed by atoms with E-state index in [0.717, 1.165) is 0 Å². The molecule has 0 aliphatic heterocycles. The first-order valence-corrected chi connectivity index (χ1v) is 16.3. The van der Waals surface area contributed by atoms with Crippen LogP contribution in [0, 0.1) is 0 Å². The van der Waals surface area contributed by atoms with Gasteiger partial charge >= 0.3 is 39.8 Å². The summed E-state index contributed by atoms with van der Waals surface area (Å²) in [5.41, 5.74) is 0. The van der Waals surface area contributed by atoms with Gasteiger partial charge in [-0.3, -0.25) is 0 Å². The van der Waals surface area contributed by atoms with Crippen LogP contribution in [0.2, 0.25) is 0 Å². The first-order valence-electron chi connectivity index (χ1n) is 2.45. The number of hydrogen-bond donors (Lipinski definition) is 0. The van der Waals surface area contributed by atoms with Gasteiger partial charge in [-0.1, -0.05) is 26.7 Å². The third kappa shape index (κ3) is 36.3. The van der Waals surface area contributed by atoms with Crippen LogP contribution in [0.1, 0.15) is 26.7 Å². The fourth-order valence-electron chi connectivity index (χ4n) is 0. The molecule has 0 unspecified atom stereocenters. The zero-order valence-corrected chi connectivity index (χ0v) is 11.0. The molecule has 0 aromatic heterocycles. The van der Waals surface area contributed by atoms with E-state index >= 15 is 0 Å². The monoisotopic (exact) mass is 292 g/mol. The van der Waals surface area contributed by atoms with E-state index in [4.69, 9.17) is 0 Å². The van der Waals surface area contributed by atoms with Crippen LogP contribution in [0.5, 0.6) is 0 Å². The molecule has 46 valence electrons. The molecular formula is C4H12Br2Ge. The second-order valence-corrected chi connectivity index (χ2v) is 15.2. The maximum atomic E-state index is 3.25. The van der Waals surface area contributed by atoms with Crippen molar-refractivity contribution in [2.45, 2.75) is 26.7 Å². The molecule has 0 saturated heterocycles. The third-order valence-electron chi connectivity index (χ3n) is 0.500. The molecule has 0 aromatic carbocycles. The SMILES string of the molecule is CCCC.[Br][GeH2][Br]. The summed E-state index contributed by atoms with van der Waals surface area (Å²) in [6, 6.07) is 0. The summed E-state index contributed by atoms with van der Waals surface area (Å²) in [5.74, 6) is 0. The molecular weight excluding hydrogens is 280 g/mol. The van der Waals surface area contributed by atoms with Crippen molar-refractivity contribution >= 4 is 39.8 Å². The topological polar surface area (TPSA) is 0 Å². The van der Waals surface area contributed by atoms with Crippen LogP contribution in [-0.4, -0.2) is 11.7 Å². The minimum absolute atomic E-state index is 0.250. The Labute approximate surface area is 66.2 Å². The van der Waals surface area contributed by atoms with E-state index in [9.17, 15) is 0 Å². The Morgan fingerprint density at radius 1 is 1.14 bits per heavy atom. The Morgan fingerprint density at radius 2 is 1.29 bits per heavy atom. The molecule has 0 aliphatic rings. The summed E-state index contributed by atoms with van der Waals surface area (Å²) in [6.45, 7) is 4.36. The summed E-state index contributed by atoms with van der Waals surface area (Å²) in [4.78, 5) is 0. The molecule has 0 saturated carbocycles. The molecule has 0 aromatic rings. The van der Waals surface area contributed by atoms with Crippen molar-refractivity contribution < 1.29 is 0 Å². The zero-order valence-electron chi connectivity index (χ0n) is 4.88. The second-order valence-electron chi connectivity index (χ2n) is 1.10. The van der Waals surface area contributed by atoms with Crippen molar-refractivity contribution in [2.75, 3.05) is 0 Å². The van der Waals surface area contributed by atoms with Crippen LogP contribution in [0.4, 0.5) is 0 Å². The Balaban J connectivity index is 0. The van der Waals surface area contributed by atoms with E-state index in [1.807, 2.05) is 0 Å². The zero-order chi connectivity index (χ0) is 6.12. The standard InChI is InChI=1S/C4H10.Br2GeH2/c1-3-4-2;1-3-2/h3-4H2,1-2H3;3H2. The Bertz CT molecular complexity index is 17.2. The summed E-state index contributed by atoms with van der Waals surface area (Å²) >= 11 is 6.25. The van der Waals surface area contributed by atoms with Gasteiger partial charge in [0.2, 0.25) is 0 Å². The van der Waals surface area contributed by atoms with Gasteiger partial charge < -0.3 is 0 Å². The van der Waals surface area contributed by atoms with Crippen molar-refractivity contribution in [2.24, 2.45) is 0 Å². The molecule has 0 spiro atoms. The average molecular weight is 293 g/mol. The summed E-state index contributed by atoms with van der Waals surface area (Å²) in [7, 11) is 0. The Hall–Kier alpha value is 1.50. The van der Waals surface area contributed by atoms with Gasteiger partial charge in [-0.15, -0.1) is 0 Å². The average Bonchev–Trinajstić information content (AvgIpc) is 1.69. The molecule has 0 atom stereocenters. The number of unbranched alkanes of at least 4 members (excludes halogenated alkanes) is 1. The summed E-state index contributed by atoms with van der Waals surface area (Å²) in [5, 5.41) is 0. The van der Waals surface area contributed by atoms with Gasteiger partial charge in [0.05, 0.1) is 0 Å². The summed E-state index contributed by atoms with van der Waals surface area (Å²) < 4.78 is 0. The van der Waals surface area contributed by atoms with Crippen LogP contribution < -0.4 is 0 Å². The van der Waals surface area contributed by atoms with Crippen LogP contribution in [0.15, 0.2) is 0 Å². The molecule has 0 radical (unpaired) electrons. The predicted molar refractivity (Wildman–Crippen MR) is 47.0 cm³/mol. The van der Waals surface area contributed by atoms with Gasteiger partial charge in [0.1, 0.15) is 0 Å². The Kier molecular flexibility index (Phi) is 25.3. The Morgan fingerprint density at radius 3 is 1.29 bits per heavy atom. The van der Waals surface area contributed by atoms with Gasteiger partial charge in [0.25, 0.3) is 0 Å². The van der Waals surface area contributed by atoms with Crippen molar-refractivity contribution in [3.8, 4) is 0 Å². The molecule has 0 fully saturated rings. The van der Waals surface area contributed by atoms with Gasteiger partial charge in [0.15, 0.2) is 0 Å². The van der Waals surface area contributed by atoms with E-state index in [1.165, 1.54) is 12.8 Å². The van der Waals surface area contributed by atoms with Crippen molar-refractivity contribution in [3.63, 3.8) is 0 Å². The van der Waals surface area contributed by atoms with E-state index < -0.39 is 0 Å². The van der Waals surface area contributed by atoms with Crippen LogP contribution >= 0.6 is 28.0 Å². The van der Waals surface area contributed by atoms with Crippen LogP contribution in [0.25, 0.3) is 0 Å². The van der Waals surface area contributed by atoms with Crippen molar-refractivity contribution in [1.29, 1.82) is 0 Å². The molecule has 0 aliphatic carbocycles. The predicted octanol–water partition coefficient (Wildman–Crippen LogP) is 2.58. The van der Waals surface area contributed by atoms with Gasteiger partial charge in [-0.2, -0.15) is 0 Å².